The van der Waals surface area contributed by atoms with Crippen molar-refractivity contribution in [1.82, 2.24) is 15.5 Å². The van der Waals surface area contributed by atoms with E-state index in [2.05, 4.69) is 38.0 Å². The Morgan fingerprint density at radius 3 is 2.64 bits per heavy atom. The minimum absolute atomic E-state index is 0.0467. The van der Waals surface area contributed by atoms with Gasteiger partial charge < -0.3 is 14.9 Å². The third-order valence-corrected chi connectivity index (χ3v) is 4.48. The van der Waals surface area contributed by atoms with Gasteiger partial charge in [0.15, 0.2) is 5.75 Å². The molecule has 2 N–H and O–H groups in total. The number of hydrogen-bond donors (Lipinski definition) is 2. The molecule has 1 aromatic heterocycles. The molecular weight excluding hydrogens is 480 g/mol. The topological polar surface area (TPSA) is 88.2 Å². The maximum absolute atomic E-state index is 12.1. The van der Waals surface area contributed by atoms with Crippen LogP contribution in [0.2, 0.25) is 10.0 Å². The second kappa shape index (κ2) is 7.59. The van der Waals surface area contributed by atoms with E-state index in [-0.39, 0.29) is 27.5 Å². The molecule has 0 saturated carbocycles. The highest BCUT2D eigenvalue weighted by molar-refractivity contribution is 14.1. The molecule has 6 nitrogen and oxygen atoms in total. The third-order valence-electron chi connectivity index (χ3n) is 3.24. The van der Waals surface area contributed by atoms with Crippen LogP contribution < -0.4 is 5.32 Å². The molecule has 1 heterocycles. The highest BCUT2D eigenvalue weighted by Crippen LogP contribution is 2.35. The minimum atomic E-state index is -0.468. The number of phenols is 1. The average Bonchev–Trinajstić information content (AvgIpc) is 3.07. The Kier molecular flexibility index (Phi) is 5.45. The van der Waals surface area contributed by atoms with Crippen LogP contribution in [0, 0.1) is 3.57 Å². The first-order valence-electron chi connectivity index (χ1n) is 6.99. The Morgan fingerprint density at radius 2 is 1.96 bits per heavy atom. The summed E-state index contributed by atoms with van der Waals surface area (Å²) >= 11 is 13.9. The van der Waals surface area contributed by atoms with Crippen LogP contribution in [-0.4, -0.2) is 21.2 Å². The number of aromatic hydroxyl groups is 1. The van der Waals surface area contributed by atoms with Gasteiger partial charge in [0, 0.05) is 15.7 Å². The molecule has 9 heteroatoms. The molecule has 0 aliphatic heterocycles. The molecule has 0 unspecified atom stereocenters. The summed E-state index contributed by atoms with van der Waals surface area (Å²) in [5.74, 6) is -0.740. The molecule has 0 fully saturated rings. The molecule has 2 aromatic carbocycles. The summed E-state index contributed by atoms with van der Waals surface area (Å²) in [5.41, 5.74) is 1.36. The van der Waals surface area contributed by atoms with Gasteiger partial charge in [0.05, 0.1) is 10.0 Å². The number of carbonyl (C=O) groups excluding carboxylic acids is 1. The van der Waals surface area contributed by atoms with Gasteiger partial charge in [0.2, 0.25) is 0 Å². The highest BCUT2D eigenvalue weighted by atomic mass is 127. The molecule has 3 rings (SSSR count). The van der Waals surface area contributed by atoms with Crippen molar-refractivity contribution in [3.8, 4) is 17.2 Å². The molecule has 3 aromatic rings. The Balaban J connectivity index is 1.73. The fourth-order valence-electron chi connectivity index (χ4n) is 2.03. The number of rotatable bonds is 4. The second-order valence-corrected chi connectivity index (χ2v) is 7.08. The normalized spacial score (nSPS) is 10.7. The van der Waals surface area contributed by atoms with Crippen LogP contribution in [0.5, 0.6) is 5.75 Å². The number of carbonyl (C=O) groups is 1. The summed E-state index contributed by atoms with van der Waals surface area (Å²) in [6.07, 6.45) is 0. The van der Waals surface area contributed by atoms with Gasteiger partial charge in [-0.25, -0.2) is 0 Å². The van der Waals surface area contributed by atoms with Crippen molar-refractivity contribution in [3.05, 3.63) is 61.4 Å². The summed E-state index contributed by atoms with van der Waals surface area (Å²) in [4.78, 5) is 16.2. The number of hydrogen-bond acceptors (Lipinski definition) is 5. The summed E-state index contributed by atoms with van der Waals surface area (Å²) in [5, 5.41) is 16.0. The second-order valence-electron chi connectivity index (χ2n) is 5.02. The number of phenolic OH excluding ortho intramolecular Hbond substituents is 1. The number of benzene rings is 2. The van der Waals surface area contributed by atoms with E-state index >= 15 is 0 Å². The van der Waals surface area contributed by atoms with Crippen LogP contribution in [0.3, 0.4) is 0 Å². The average molecular weight is 490 g/mol. The van der Waals surface area contributed by atoms with Gasteiger partial charge in [-0.2, -0.15) is 4.98 Å². The SMILES string of the molecule is O=C(NCc1cccc(I)c1)c1noc(-c2cc(Cl)c(O)c(Cl)c2)n1. The van der Waals surface area contributed by atoms with E-state index in [0.29, 0.717) is 12.1 Å². The van der Waals surface area contributed by atoms with Crippen molar-refractivity contribution in [2.24, 2.45) is 0 Å². The molecule has 1 amide bonds. The molecule has 0 aliphatic rings. The van der Waals surface area contributed by atoms with Crippen LogP contribution in [0.1, 0.15) is 16.2 Å². The molecule has 0 radical (unpaired) electrons. The fourth-order valence-corrected chi connectivity index (χ4v) is 3.12. The van der Waals surface area contributed by atoms with E-state index < -0.39 is 5.91 Å². The summed E-state index contributed by atoms with van der Waals surface area (Å²) in [7, 11) is 0. The first-order valence-corrected chi connectivity index (χ1v) is 8.82. The summed E-state index contributed by atoms with van der Waals surface area (Å²) < 4.78 is 6.15. The Morgan fingerprint density at radius 1 is 1.24 bits per heavy atom. The van der Waals surface area contributed by atoms with Gasteiger partial charge in [-0.1, -0.05) is 40.5 Å². The minimum Gasteiger partial charge on any atom is -0.505 e. The molecule has 0 saturated heterocycles. The smallest absolute Gasteiger partial charge is 0.292 e. The lowest BCUT2D eigenvalue weighted by molar-refractivity contribution is 0.0937. The molecule has 128 valence electrons. The first-order chi connectivity index (χ1) is 11.9. The van der Waals surface area contributed by atoms with Crippen molar-refractivity contribution in [1.29, 1.82) is 0 Å². The van der Waals surface area contributed by atoms with Crippen molar-refractivity contribution >= 4 is 51.7 Å². The van der Waals surface area contributed by atoms with Gasteiger partial charge >= 0.3 is 0 Å². The molecule has 25 heavy (non-hydrogen) atoms. The predicted molar refractivity (Wildman–Crippen MR) is 102 cm³/mol. The van der Waals surface area contributed by atoms with Gasteiger partial charge in [-0.05, 0) is 52.4 Å². The zero-order chi connectivity index (χ0) is 18.0. The van der Waals surface area contributed by atoms with E-state index in [9.17, 15) is 9.90 Å². The Hall–Kier alpha value is -1.84. The van der Waals surface area contributed by atoms with E-state index in [1.54, 1.807) is 0 Å². The summed E-state index contributed by atoms with van der Waals surface area (Å²) in [6, 6.07) is 10.6. The molecule has 0 spiro atoms. The highest BCUT2D eigenvalue weighted by Gasteiger charge is 2.17. The van der Waals surface area contributed by atoms with Crippen molar-refractivity contribution in [2.75, 3.05) is 0 Å². The molecule has 0 atom stereocenters. The van der Waals surface area contributed by atoms with Crippen molar-refractivity contribution in [2.45, 2.75) is 6.54 Å². The zero-order valence-corrected chi connectivity index (χ0v) is 16.1. The lowest BCUT2D eigenvalue weighted by Crippen LogP contribution is -2.23. The Labute approximate surface area is 166 Å². The third kappa shape index (κ3) is 4.23. The Bertz CT molecular complexity index is 923. The quantitative estimate of drug-likeness (QED) is 0.534. The van der Waals surface area contributed by atoms with Gasteiger partial charge in [0.1, 0.15) is 0 Å². The van der Waals surface area contributed by atoms with Crippen molar-refractivity contribution < 1.29 is 14.4 Å². The fraction of sp³-hybridized carbons (Fsp3) is 0.0625. The van der Waals surface area contributed by atoms with E-state index in [1.165, 1.54) is 12.1 Å². The van der Waals surface area contributed by atoms with E-state index in [0.717, 1.165) is 9.13 Å². The van der Waals surface area contributed by atoms with Gasteiger partial charge in [0.25, 0.3) is 17.6 Å². The van der Waals surface area contributed by atoms with Crippen LogP contribution in [0.4, 0.5) is 0 Å². The first kappa shape index (κ1) is 18.0. The monoisotopic (exact) mass is 489 g/mol. The van der Waals surface area contributed by atoms with Crippen LogP contribution in [0.15, 0.2) is 40.9 Å². The van der Waals surface area contributed by atoms with Crippen LogP contribution >= 0.6 is 45.8 Å². The lowest BCUT2D eigenvalue weighted by atomic mass is 10.2. The largest absolute Gasteiger partial charge is 0.505 e. The van der Waals surface area contributed by atoms with Crippen molar-refractivity contribution in [3.63, 3.8) is 0 Å². The number of aromatic nitrogens is 2. The van der Waals surface area contributed by atoms with Crippen LogP contribution in [0.25, 0.3) is 11.5 Å². The number of amides is 1. The molecule has 0 aliphatic carbocycles. The number of nitrogens with zero attached hydrogens (tertiary/aromatic N) is 2. The standard InChI is InChI=1S/C16H10Cl2IN3O3/c17-11-5-9(6-12(18)13(11)23)16-21-14(22-25-16)15(24)20-7-8-2-1-3-10(19)4-8/h1-6,23H,7H2,(H,20,24). The number of nitrogens with one attached hydrogen (secondary N) is 1. The van der Waals surface area contributed by atoms with Crippen LogP contribution in [-0.2, 0) is 6.54 Å². The zero-order valence-electron chi connectivity index (χ0n) is 12.5. The maximum atomic E-state index is 12.1. The van der Waals surface area contributed by atoms with Gasteiger partial charge in [-0.15, -0.1) is 0 Å². The number of halogens is 3. The maximum Gasteiger partial charge on any atom is 0.292 e. The predicted octanol–water partition coefficient (Wildman–Crippen LogP) is 4.28. The van der Waals surface area contributed by atoms with Gasteiger partial charge in [-0.3, -0.25) is 4.79 Å². The van der Waals surface area contributed by atoms with E-state index in [1.807, 2.05) is 24.3 Å². The molecule has 0 bridgehead atoms. The van der Waals surface area contributed by atoms with E-state index in [4.69, 9.17) is 27.7 Å². The molecular formula is C16H10Cl2IN3O3. The lowest BCUT2D eigenvalue weighted by Gasteiger charge is -2.03. The summed E-state index contributed by atoms with van der Waals surface area (Å²) in [6.45, 7) is 0.344.